The molecule has 2 aliphatic rings. The van der Waals surface area contributed by atoms with E-state index in [-0.39, 0.29) is 12.3 Å². The predicted octanol–water partition coefficient (Wildman–Crippen LogP) is 1.22. The second kappa shape index (κ2) is 5.14. The van der Waals surface area contributed by atoms with Crippen molar-refractivity contribution in [2.75, 3.05) is 26.4 Å². The molecule has 5 heteroatoms. The molecule has 0 radical (unpaired) electrons. The van der Waals surface area contributed by atoms with Crippen LogP contribution in [0, 0.1) is 0 Å². The van der Waals surface area contributed by atoms with Crippen LogP contribution in [0.4, 0.5) is 0 Å². The molecule has 0 aromatic heterocycles. The van der Waals surface area contributed by atoms with Crippen LogP contribution >= 0.6 is 0 Å². The van der Waals surface area contributed by atoms with Gasteiger partial charge in [-0.1, -0.05) is 6.07 Å². The largest absolute Gasteiger partial charge is 0.486 e. The highest BCUT2D eigenvalue weighted by Crippen LogP contribution is 2.33. The van der Waals surface area contributed by atoms with Gasteiger partial charge in [0.25, 0.3) is 0 Å². The number of hydrogen-bond acceptors (Lipinski definition) is 5. The molecule has 0 saturated carbocycles. The summed E-state index contributed by atoms with van der Waals surface area (Å²) in [4.78, 5) is 0. The van der Waals surface area contributed by atoms with E-state index in [9.17, 15) is 0 Å². The van der Waals surface area contributed by atoms with Gasteiger partial charge in [-0.25, -0.2) is 0 Å². The summed E-state index contributed by atoms with van der Waals surface area (Å²) < 4.78 is 21.8. The van der Waals surface area contributed by atoms with Gasteiger partial charge in [-0.15, -0.1) is 0 Å². The first kappa shape index (κ1) is 11.8. The Morgan fingerprint density at radius 2 is 1.78 bits per heavy atom. The highest BCUT2D eigenvalue weighted by Gasteiger charge is 2.21. The van der Waals surface area contributed by atoms with E-state index in [0.717, 1.165) is 17.1 Å². The van der Waals surface area contributed by atoms with Crippen LogP contribution < -0.4 is 15.2 Å². The average molecular weight is 251 g/mol. The van der Waals surface area contributed by atoms with Gasteiger partial charge in [0.15, 0.2) is 17.8 Å². The van der Waals surface area contributed by atoms with Crippen LogP contribution in [0.5, 0.6) is 11.5 Å². The minimum Gasteiger partial charge on any atom is -0.486 e. The Balaban J connectivity index is 1.70. The highest BCUT2D eigenvalue weighted by atomic mass is 16.7. The Morgan fingerprint density at radius 1 is 1.06 bits per heavy atom. The number of hydrogen-bond donors (Lipinski definition) is 1. The maximum absolute atomic E-state index is 6.15. The van der Waals surface area contributed by atoms with E-state index in [1.165, 1.54) is 0 Å². The van der Waals surface area contributed by atoms with E-state index in [0.29, 0.717) is 32.8 Å². The number of benzene rings is 1. The molecule has 1 atom stereocenters. The predicted molar refractivity (Wildman–Crippen MR) is 64.7 cm³/mol. The van der Waals surface area contributed by atoms with Crippen LogP contribution in [0.1, 0.15) is 18.0 Å². The first-order valence-electron chi connectivity index (χ1n) is 6.21. The summed E-state index contributed by atoms with van der Waals surface area (Å²) in [6.07, 6.45) is 0.466. The van der Waals surface area contributed by atoms with Crippen molar-refractivity contribution in [2.24, 2.45) is 5.73 Å². The SMILES string of the molecule is NC(CC1OCCO1)c1ccc2c(c1)OCCO2. The molecule has 1 unspecified atom stereocenters. The van der Waals surface area contributed by atoms with Crippen LogP contribution in [-0.4, -0.2) is 32.7 Å². The quantitative estimate of drug-likeness (QED) is 0.875. The fourth-order valence-electron chi connectivity index (χ4n) is 2.18. The van der Waals surface area contributed by atoms with Gasteiger partial charge < -0.3 is 24.7 Å². The third-order valence-corrected chi connectivity index (χ3v) is 3.13. The Labute approximate surface area is 106 Å². The number of rotatable bonds is 3. The molecule has 1 fully saturated rings. The lowest BCUT2D eigenvalue weighted by Gasteiger charge is -2.21. The van der Waals surface area contributed by atoms with E-state index in [1.807, 2.05) is 18.2 Å². The minimum absolute atomic E-state index is 0.121. The molecule has 98 valence electrons. The molecule has 2 heterocycles. The van der Waals surface area contributed by atoms with Crippen molar-refractivity contribution < 1.29 is 18.9 Å². The zero-order valence-corrected chi connectivity index (χ0v) is 10.1. The smallest absolute Gasteiger partial charge is 0.161 e. The molecular formula is C13H17NO4. The molecule has 2 aliphatic heterocycles. The van der Waals surface area contributed by atoms with Gasteiger partial charge in [-0.05, 0) is 17.7 Å². The normalized spacial score (nSPS) is 20.9. The summed E-state index contributed by atoms with van der Waals surface area (Å²) in [6.45, 7) is 2.49. The maximum atomic E-state index is 6.15. The second-order valence-electron chi connectivity index (χ2n) is 4.42. The van der Waals surface area contributed by atoms with Crippen LogP contribution in [-0.2, 0) is 9.47 Å². The summed E-state index contributed by atoms with van der Waals surface area (Å²) >= 11 is 0. The zero-order valence-electron chi connectivity index (χ0n) is 10.1. The molecule has 1 aromatic carbocycles. The molecule has 3 rings (SSSR count). The fraction of sp³-hybridized carbons (Fsp3) is 0.538. The third-order valence-electron chi connectivity index (χ3n) is 3.13. The molecule has 0 aliphatic carbocycles. The van der Waals surface area contributed by atoms with Gasteiger partial charge in [0.2, 0.25) is 0 Å². The Bertz CT molecular complexity index is 417. The summed E-state index contributed by atoms with van der Waals surface area (Å²) in [7, 11) is 0. The monoisotopic (exact) mass is 251 g/mol. The zero-order chi connectivity index (χ0) is 12.4. The van der Waals surface area contributed by atoms with Crippen LogP contribution in [0.2, 0.25) is 0 Å². The third kappa shape index (κ3) is 2.43. The van der Waals surface area contributed by atoms with E-state index >= 15 is 0 Å². The standard InChI is InChI=1S/C13H17NO4/c14-10(8-13-17-5-6-18-13)9-1-2-11-12(7-9)16-4-3-15-11/h1-2,7,10,13H,3-6,8,14H2. The summed E-state index contributed by atoms with van der Waals surface area (Å²) in [6, 6.07) is 5.69. The molecule has 0 amide bonds. The summed E-state index contributed by atoms with van der Waals surface area (Å²) in [5.74, 6) is 1.55. The van der Waals surface area contributed by atoms with Gasteiger partial charge >= 0.3 is 0 Å². The number of ether oxygens (including phenoxy) is 4. The highest BCUT2D eigenvalue weighted by molar-refractivity contribution is 5.44. The van der Waals surface area contributed by atoms with Gasteiger partial charge in [0.1, 0.15) is 13.2 Å². The number of fused-ring (bicyclic) bond motifs is 1. The lowest BCUT2D eigenvalue weighted by Crippen LogP contribution is -2.20. The molecule has 5 nitrogen and oxygen atoms in total. The minimum atomic E-state index is -0.187. The van der Waals surface area contributed by atoms with E-state index < -0.39 is 0 Å². The van der Waals surface area contributed by atoms with E-state index in [1.54, 1.807) is 0 Å². The molecular weight excluding hydrogens is 234 g/mol. The first-order chi connectivity index (χ1) is 8.83. The van der Waals surface area contributed by atoms with Crippen molar-refractivity contribution in [3.63, 3.8) is 0 Å². The summed E-state index contributed by atoms with van der Waals surface area (Å²) in [5, 5.41) is 0. The first-order valence-corrected chi connectivity index (χ1v) is 6.21. The van der Waals surface area contributed by atoms with Crippen LogP contribution in [0.3, 0.4) is 0 Å². The maximum Gasteiger partial charge on any atom is 0.161 e. The fourth-order valence-corrected chi connectivity index (χ4v) is 2.18. The lowest BCUT2D eigenvalue weighted by molar-refractivity contribution is -0.0507. The number of nitrogens with two attached hydrogens (primary N) is 1. The van der Waals surface area contributed by atoms with Crippen molar-refractivity contribution in [3.8, 4) is 11.5 Å². The van der Waals surface area contributed by atoms with Gasteiger partial charge in [-0.2, -0.15) is 0 Å². The lowest BCUT2D eigenvalue weighted by atomic mass is 10.0. The van der Waals surface area contributed by atoms with Gasteiger partial charge in [0.05, 0.1) is 13.2 Å². The van der Waals surface area contributed by atoms with E-state index in [4.69, 9.17) is 24.7 Å². The van der Waals surface area contributed by atoms with Crippen molar-refractivity contribution in [1.29, 1.82) is 0 Å². The second-order valence-corrected chi connectivity index (χ2v) is 4.42. The Hall–Kier alpha value is -1.30. The van der Waals surface area contributed by atoms with Crippen molar-refractivity contribution in [3.05, 3.63) is 23.8 Å². The molecule has 0 spiro atoms. The topological polar surface area (TPSA) is 62.9 Å². The molecule has 2 N–H and O–H groups in total. The van der Waals surface area contributed by atoms with Crippen molar-refractivity contribution >= 4 is 0 Å². The molecule has 1 aromatic rings. The Kier molecular flexibility index (Phi) is 3.36. The molecule has 1 saturated heterocycles. The summed E-state index contributed by atoms with van der Waals surface area (Å²) in [5.41, 5.74) is 7.16. The van der Waals surface area contributed by atoms with Gasteiger partial charge in [-0.3, -0.25) is 0 Å². The molecule has 18 heavy (non-hydrogen) atoms. The van der Waals surface area contributed by atoms with Gasteiger partial charge in [0, 0.05) is 12.5 Å². The van der Waals surface area contributed by atoms with E-state index in [2.05, 4.69) is 0 Å². The average Bonchev–Trinajstić information content (AvgIpc) is 2.91. The van der Waals surface area contributed by atoms with Crippen molar-refractivity contribution in [1.82, 2.24) is 0 Å². The molecule has 0 bridgehead atoms. The van der Waals surface area contributed by atoms with Crippen LogP contribution in [0.15, 0.2) is 18.2 Å². The Morgan fingerprint density at radius 3 is 2.56 bits per heavy atom. The van der Waals surface area contributed by atoms with Crippen molar-refractivity contribution in [2.45, 2.75) is 18.8 Å². The van der Waals surface area contributed by atoms with Crippen LogP contribution in [0.25, 0.3) is 0 Å².